The van der Waals surface area contributed by atoms with E-state index in [2.05, 4.69) is 10.6 Å². The minimum atomic E-state index is -0.612. The highest BCUT2D eigenvalue weighted by Gasteiger charge is 2.18. The maximum absolute atomic E-state index is 11.4. The fraction of sp³-hybridized carbons (Fsp3) is 0.727. The molecule has 0 aromatic rings. The first kappa shape index (κ1) is 16.2. The van der Waals surface area contributed by atoms with E-state index in [4.69, 9.17) is 15.9 Å². The van der Waals surface area contributed by atoms with Crippen LogP contribution in [0.4, 0.5) is 4.79 Å². The molecule has 0 aliphatic carbocycles. The van der Waals surface area contributed by atoms with Gasteiger partial charge in [0.15, 0.2) is 5.96 Å². The molecule has 0 bridgehead atoms. The van der Waals surface area contributed by atoms with E-state index in [1.165, 1.54) is 0 Å². The fourth-order valence-corrected chi connectivity index (χ4v) is 1.18. The van der Waals surface area contributed by atoms with E-state index in [1.807, 2.05) is 0 Å². The van der Waals surface area contributed by atoms with Gasteiger partial charge in [-0.3, -0.25) is 5.41 Å². The predicted octanol–water partition coefficient (Wildman–Crippen LogP) is 0.342. The molecule has 18 heavy (non-hydrogen) atoms. The molecule has 0 radical (unpaired) electrons. The number of aldehydes is 1. The number of carbonyl (C=O) groups is 2. The Balaban J connectivity index is 3.93. The molecule has 0 heterocycles. The molecule has 0 saturated carbocycles. The Morgan fingerprint density at radius 1 is 1.50 bits per heavy atom. The summed E-state index contributed by atoms with van der Waals surface area (Å²) in [5.41, 5.74) is 4.52. The maximum atomic E-state index is 11.4. The second-order valence-electron chi connectivity index (χ2n) is 4.87. The third-order valence-corrected chi connectivity index (χ3v) is 1.87. The van der Waals surface area contributed by atoms with Gasteiger partial charge in [0.2, 0.25) is 0 Å². The van der Waals surface area contributed by atoms with Gasteiger partial charge in [-0.05, 0) is 33.6 Å². The Hall–Kier alpha value is -1.79. The number of hydrogen-bond acceptors (Lipinski definition) is 4. The third kappa shape index (κ3) is 9.44. The van der Waals surface area contributed by atoms with Crippen molar-refractivity contribution >= 4 is 18.3 Å². The molecule has 1 atom stereocenters. The summed E-state index contributed by atoms with van der Waals surface area (Å²) in [6.45, 7) is 5.73. The van der Waals surface area contributed by atoms with Crippen LogP contribution in [0.1, 0.15) is 33.6 Å². The molecule has 5 N–H and O–H groups in total. The normalized spacial score (nSPS) is 12.4. The molecule has 104 valence electrons. The lowest BCUT2D eigenvalue weighted by Crippen LogP contribution is -2.40. The van der Waals surface area contributed by atoms with Gasteiger partial charge in [-0.1, -0.05) is 0 Å². The molecule has 1 unspecified atom stereocenters. The lowest BCUT2D eigenvalue weighted by molar-refractivity contribution is -0.109. The summed E-state index contributed by atoms with van der Waals surface area (Å²) in [5, 5.41) is 12.0. The van der Waals surface area contributed by atoms with E-state index in [9.17, 15) is 9.59 Å². The molecule has 1 amide bonds. The third-order valence-electron chi connectivity index (χ3n) is 1.87. The van der Waals surface area contributed by atoms with Crippen LogP contribution in [-0.2, 0) is 9.53 Å². The van der Waals surface area contributed by atoms with Gasteiger partial charge in [-0.2, -0.15) is 0 Å². The number of carbonyl (C=O) groups excluding carboxylic acids is 2. The SMILES string of the molecule is CC(C)(C)OC(=O)NC(C=O)CCCNC(=N)N. The topological polar surface area (TPSA) is 117 Å². The molecule has 0 spiro atoms. The molecule has 0 rings (SSSR count). The van der Waals surface area contributed by atoms with Crippen molar-refractivity contribution in [2.45, 2.75) is 45.3 Å². The molecule has 0 aromatic heterocycles. The van der Waals surface area contributed by atoms with Crippen LogP contribution in [0.3, 0.4) is 0 Å². The van der Waals surface area contributed by atoms with E-state index in [1.54, 1.807) is 20.8 Å². The summed E-state index contributed by atoms with van der Waals surface area (Å²) >= 11 is 0. The number of guanidine groups is 1. The highest BCUT2D eigenvalue weighted by atomic mass is 16.6. The zero-order valence-corrected chi connectivity index (χ0v) is 11.1. The Bertz CT molecular complexity index is 299. The summed E-state index contributed by atoms with van der Waals surface area (Å²) in [4.78, 5) is 22.2. The average Bonchev–Trinajstić information content (AvgIpc) is 2.19. The fourth-order valence-electron chi connectivity index (χ4n) is 1.18. The van der Waals surface area contributed by atoms with Crippen LogP contribution in [-0.4, -0.2) is 36.5 Å². The lowest BCUT2D eigenvalue weighted by Gasteiger charge is -2.21. The second-order valence-corrected chi connectivity index (χ2v) is 4.87. The van der Waals surface area contributed by atoms with Crippen molar-refractivity contribution in [1.29, 1.82) is 5.41 Å². The number of hydrogen-bond donors (Lipinski definition) is 4. The largest absolute Gasteiger partial charge is 0.444 e. The van der Waals surface area contributed by atoms with Crippen LogP contribution in [0.2, 0.25) is 0 Å². The van der Waals surface area contributed by atoms with E-state index in [-0.39, 0.29) is 5.96 Å². The highest BCUT2D eigenvalue weighted by molar-refractivity contribution is 5.74. The van der Waals surface area contributed by atoms with Crippen molar-refractivity contribution in [3.8, 4) is 0 Å². The Morgan fingerprint density at radius 2 is 2.11 bits per heavy atom. The number of nitrogens with two attached hydrogens (primary N) is 1. The number of nitrogens with one attached hydrogen (secondary N) is 3. The average molecular weight is 258 g/mol. The van der Waals surface area contributed by atoms with Gasteiger partial charge in [0, 0.05) is 6.54 Å². The molecule has 0 saturated heterocycles. The Labute approximate surface area is 107 Å². The van der Waals surface area contributed by atoms with Gasteiger partial charge >= 0.3 is 6.09 Å². The van der Waals surface area contributed by atoms with E-state index >= 15 is 0 Å². The number of ether oxygens (including phenoxy) is 1. The highest BCUT2D eigenvalue weighted by Crippen LogP contribution is 2.07. The standard InChI is InChI=1S/C11H22N4O3/c1-11(2,3)18-10(17)15-8(7-16)5-4-6-14-9(12)13/h7-8H,4-6H2,1-3H3,(H,15,17)(H4,12,13,14). The quantitative estimate of drug-likeness (QED) is 0.237. The van der Waals surface area contributed by atoms with Crippen LogP contribution in [0.15, 0.2) is 0 Å². The van der Waals surface area contributed by atoms with Gasteiger partial charge < -0.3 is 25.9 Å². The predicted molar refractivity (Wildman–Crippen MR) is 68.4 cm³/mol. The molecule has 0 aliphatic rings. The Morgan fingerprint density at radius 3 is 2.56 bits per heavy atom. The summed E-state index contributed by atoms with van der Waals surface area (Å²) in [6.07, 6.45) is 1.12. The summed E-state index contributed by atoms with van der Waals surface area (Å²) in [5.74, 6) is -0.113. The molecular formula is C11H22N4O3. The number of rotatable bonds is 6. The van der Waals surface area contributed by atoms with Gasteiger partial charge in [-0.25, -0.2) is 4.79 Å². The molecule has 7 heteroatoms. The van der Waals surface area contributed by atoms with E-state index < -0.39 is 17.7 Å². The zero-order valence-electron chi connectivity index (χ0n) is 11.1. The van der Waals surface area contributed by atoms with Crippen LogP contribution >= 0.6 is 0 Å². The monoisotopic (exact) mass is 258 g/mol. The maximum Gasteiger partial charge on any atom is 0.408 e. The molecular weight excluding hydrogens is 236 g/mol. The van der Waals surface area contributed by atoms with Crippen molar-refractivity contribution in [2.75, 3.05) is 6.54 Å². The zero-order chi connectivity index (χ0) is 14.2. The summed E-state index contributed by atoms with van der Waals surface area (Å²) in [7, 11) is 0. The van der Waals surface area contributed by atoms with Crippen LogP contribution in [0, 0.1) is 5.41 Å². The van der Waals surface area contributed by atoms with Crippen LogP contribution < -0.4 is 16.4 Å². The minimum Gasteiger partial charge on any atom is -0.444 e. The lowest BCUT2D eigenvalue weighted by atomic mass is 10.2. The minimum absolute atomic E-state index is 0.113. The van der Waals surface area contributed by atoms with Crippen molar-refractivity contribution in [1.82, 2.24) is 10.6 Å². The van der Waals surface area contributed by atoms with Crippen molar-refractivity contribution in [3.63, 3.8) is 0 Å². The van der Waals surface area contributed by atoms with Crippen molar-refractivity contribution in [3.05, 3.63) is 0 Å². The van der Waals surface area contributed by atoms with Gasteiger partial charge in [0.25, 0.3) is 0 Å². The van der Waals surface area contributed by atoms with Crippen LogP contribution in [0.5, 0.6) is 0 Å². The van der Waals surface area contributed by atoms with Gasteiger partial charge in [0.1, 0.15) is 11.9 Å². The molecule has 0 aliphatic heterocycles. The van der Waals surface area contributed by atoms with Gasteiger partial charge in [-0.15, -0.1) is 0 Å². The first-order chi connectivity index (χ1) is 8.24. The molecule has 7 nitrogen and oxygen atoms in total. The molecule has 0 fully saturated rings. The van der Waals surface area contributed by atoms with Crippen LogP contribution in [0.25, 0.3) is 0 Å². The van der Waals surface area contributed by atoms with Crippen molar-refractivity contribution < 1.29 is 14.3 Å². The number of amides is 1. The second kappa shape index (κ2) is 7.52. The van der Waals surface area contributed by atoms with Crippen molar-refractivity contribution in [2.24, 2.45) is 5.73 Å². The summed E-state index contributed by atoms with van der Waals surface area (Å²) < 4.78 is 5.04. The smallest absolute Gasteiger partial charge is 0.408 e. The first-order valence-corrected chi connectivity index (χ1v) is 5.77. The Kier molecular flexibility index (Phi) is 6.77. The number of alkyl carbamates (subject to hydrolysis) is 1. The van der Waals surface area contributed by atoms with E-state index in [0.29, 0.717) is 25.7 Å². The van der Waals surface area contributed by atoms with E-state index in [0.717, 1.165) is 0 Å². The first-order valence-electron chi connectivity index (χ1n) is 5.77. The molecule has 0 aromatic carbocycles. The summed E-state index contributed by atoms with van der Waals surface area (Å²) in [6, 6.07) is -0.589. The van der Waals surface area contributed by atoms with Gasteiger partial charge in [0.05, 0.1) is 6.04 Å².